The Bertz CT molecular complexity index is 1240. The number of likely N-dealkylation sites (tertiary alicyclic amines) is 1. The maximum absolute atomic E-state index is 14.3. The van der Waals surface area contributed by atoms with Gasteiger partial charge in [-0.3, -0.25) is 9.48 Å². The zero-order chi connectivity index (χ0) is 21.4. The van der Waals surface area contributed by atoms with Gasteiger partial charge in [0.25, 0.3) is 5.91 Å². The molecule has 4 aromatic rings. The molecule has 0 N–H and O–H groups in total. The van der Waals surface area contributed by atoms with Gasteiger partial charge in [0.1, 0.15) is 11.5 Å². The summed E-state index contributed by atoms with van der Waals surface area (Å²) in [6, 6.07) is 16.7. The molecular formula is C24H22ClFN4O. The first-order valence-corrected chi connectivity index (χ1v) is 10.8. The molecule has 2 aromatic heterocycles. The summed E-state index contributed by atoms with van der Waals surface area (Å²) in [6.45, 7) is 1.59. The summed E-state index contributed by atoms with van der Waals surface area (Å²) >= 11 is 6.00. The van der Waals surface area contributed by atoms with Gasteiger partial charge in [-0.25, -0.2) is 4.39 Å². The van der Waals surface area contributed by atoms with Crippen molar-refractivity contribution in [3.05, 3.63) is 89.1 Å². The smallest absolute Gasteiger partial charge is 0.270 e. The molecule has 1 fully saturated rings. The van der Waals surface area contributed by atoms with E-state index in [0.717, 1.165) is 23.7 Å². The van der Waals surface area contributed by atoms with Crippen molar-refractivity contribution in [2.75, 3.05) is 13.1 Å². The Morgan fingerprint density at radius 1 is 1.10 bits per heavy atom. The molecule has 0 spiro atoms. The fraction of sp³-hybridized carbons (Fsp3) is 0.250. The number of hydrogen-bond acceptors (Lipinski definition) is 2. The summed E-state index contributed by atoms with van der Waals surface area (Å²) in [5.41, 5.74) is 2.08. The molecule has 0 radical (unpaired) electrons. The van der Waals surface area contributed by atoms with Crippen molar-refractivity contribution in [2.24, 2.45) is 0 Å². The Morgan fingerprint density at radius 3 is 2.58 bits per heavy atom. The van der Waals surface area contributed by atoms with Crippen molar-refractivity contribution < 1.29 is 9.18 Å². The van der Waals surface area contributed by atoms with Gasteiger partial charge in [-0.2, -0.15) is 5.10 Å². The Morgan fingerprint density at radius 2 is 1.84 bits per heavy atom. The van der Waals surface area contributed by atoms with E-state index >= 15 is 0 Å². The van der Waals surface area contributed by atoms with Crippen LogP contribution >= 0.6 is 11.6 Å². The number of hydrogen-bond donors (Lipinski definition) is 0. The minimum Gasteiger partial charge on any atom is -0.337 e. The monoisotopic (exact) mass is 436 g/mol. The van der Waals surface area contributed by atoms with Crippen LogP contribution in [-0.2, 0) is 6.54 Å². The first kappa shape index (κ1) is 19.8. The van der Waals surface area contributed by atoms with Crippen molar-refractivity contribution in [2.45, 2.75) is 25.4 Å². The van der Waals surface area contributed by atoms with Crippen LogP contribution in [0, 0.1) is 5.82 Å². The molecule has 0 unspecified atom stereocenters. The number of para-hydroxylation sites is 1. The summed E-state index contributed by atoms with van der Waals surface area (Å²) in [5.74, 6) is -0.290. The molecule has 2 aromatic carbocycles. The van der Waals surface area contributed by atoms with Crippen molar-refractivity contribution in [1.29, 1.82) is 0 Å². The highest BCUT2D eigenvalue weighted by Crippen LogP contribution is 2.27. The van der Waals surface area contributed by atoms with Gasteiger partial charge in [-0.05, 0) is 31.0 Å². The first-order chi connectivity index (χ1) is 15.1. The Balaban J connectivity index is 1.42. The van der Waals surface area contributed by atoms with E-state index in [9.17, 15) is 9.18 Å². The van der Waals surface area contributed by atoms with Gasteiger partial charge in [-0.15, -0.1) is 0 Å². The van der Waals surface area contributed by atoms with Gasteiger partial charge in [0.15, 0.2) is 0 Å². The van der Waals surface area contributed by atoms with E-state index in [-0.39, 0.29) is 17.8 Å². The summed E-state index contributed by atoms with van der Waals surface area (Å²) < 4.78 is 18.2. The fourth-order valence-corrected chi connectivity index (χ4v) is 4.51. The lowest BCUT2D eigenvalue weighted by atomic mass is 10.0. The third-order valence-corrected chi connectivity index (χ3v) is 6.21. The van der Waals surface area contributed by atoms with Crippen LogP contribution in [0.5, 0.6) is 0 Å². The maximum Gasteiger partial charge on any atom is 0.270 e. The zero-order valence-electron chi connectivity index (χ0n) is 16.9. The fourth-order valence-electron chi connectivity index (χ4n) is 4.36. The Kier molecular flexibility index (Phi) is 5.24. The molecule has 1 amide bonds. The van der Waals surface area contributed by atoms with Crippen LogP contribution in [0.4, 0.5) is 4.39 Å². The summed E-state index contributed by atoms with van der Waals surface area (Å²) in [7, 11) is 0. The molecule has 31 heavy (non-hydrogen) atoms. The van der Waals surface area contributed by atoms with E-state index in [2.05, 4.69) is 5.10 Å². The van der Waals surface area contributed by atoms with E-state index in [1.807, 2.05) is 56.7 Å². The van der Waals surface area contributed by atoms with E-state index < -0.39 is 0 Å². The van der Waals surface area contributed by atoms with E-state index in [1.54, 1.807) is 18.3 Å². The van der Waals surface area contributed by atoms with E-state index in [4.69, 9.17) is 11.6 Å². The molecule has 158 valence electrons. The lowest BCUT2D eigenvalue weighted by Crippen LogP contribution is -2.40. The molecule has 0 saturated carbocycles. The molecule has 1 aliphatic rings. The third-order valence-electron chi connectivity index (χ3n) is 6.01. The van der Waals surface area contributed by atoms with Gasteiger partial charge in [0.2, 0.25) is 0 Å². The maximum atomic E-state index is 14.3. The van der Waals surface area contributed by atoms with E-state index in [1.165, 1.54) is 6.07 Å². The number of benzene rings is 2. The van der Waals surface area contributed by atoms with Crippen LogP contribution in [0.25, 0.3) is 10.9 Å². The van der Waals surface area contributed by atoms with Crippen LogP contribution < -0.4 is 0 Å². The molecule has 1 saturated heterocycles. The second-order valence-electron chi connectivity index (χ2n) is 7.93. The van der Waals surface area contributed by atoms with Gasteiger partial charge < -0.3 is 9.47 Å². The number of aromatic nitrogens is 3. The second kappa shape index (κ2) is 8.19. The minimum absolute atomic E-state index is 0.0236. The SMILES string of the molecule is O=C(c1cc2ccccc2n1Cc1ccccc1F)N1CCC(n2cc(Cl)cn2)CC1. The van der Waals surface area contributed by atoms with Crippen LogP contribution in [0.15, 0.2) is 67.0 Å². The van der Waals surface area contributed by atoms with Crippen LogP contribution in [0.3, 0.4) is 0 Å². The second-order valence-corrected chi connectivity index (χ2v) is 8.36. The highest BCUT2D eigenvalue weighted by Gasteiger charge is 2.27. The molecule has 3 heterocycles. The van der Waals surface area contributed by atoms with Crippen LogP contribution in [-0.4, -0.2) is 38.2 Å². The summed E-state index contributed by atoms with van der Waals surface area (Å²) in [5, 5.41) is 5.90. The number of carbonyl (C=O) groups is 1. The number of fused-ring (bicyclic) bond motifs is 1. The lowest BCUT2D eigenvalue weighted by Gasteiger charge is -2.32. The number of halogens is 2. The molecule has 5 nitrogen and oxygen atoms in total. The number of piperidine rings is 1. The van der Waals surface area contributed by atoms with Crippen LogP contribution in [0.1, 0.15) is 34.9 Å². The van der Waals surface area contributed by atoms with Gasteiger partial charge in [0, 0.05) is 35.8 Å². The van der Waals surface area contributed by atoms with Gasteiger partial charge >= 0.3 is 0 Å². The minimum atomic E-state index is -0.266. The average molecular weight is 437 g/mol. The van der Waals surface area contributed by atoms with Crippen molar-refractivity contribution in [3.8, 4) is 0 Å². The van der Waals surface area contributed by atoms with Crippen molar-refractivity contribution >= 4 is 28.4 Å². The number of nitrogens with zero attached hydrogens (tertiary/aromatic N) is 4. The number of amides is 1. The zero-order valence-corrected chi connectivity index (χ0v) is 17.7. The molecule has 0 aliphatic carbocycles. The standard InChI is InChI=1S/C24H22ClFN4O/c25-19-14-27-30(16-19)20-9-11-28(12-10-20)24(31)23-13-17-5-2-4-8-22(17)29(23)15-18-6-1-3-7-21(18)26/h1-8,13-14,16,20H,9-12,15H2. The number of rotatable bonds is 4. The molecule has 5 rings (SSSR count). The van der Waals surface area contributed by atoms with Gasteiger partial charge in [-0.1, -0.05) is 48.0 Å². The molecular weight excluding hydrogens is 415 g/mol. The number of carbonyl (C=O) groups excluding carboxylic acids is 1. The lowest BCUT2D eigenvalue weighted by molar-refractivity contribution is 0.0680. The van der Waals surface area contributed by atoms with Gasteiger partial charge in [0.05, 0.1) is 23.8 Å². The predicted molar refractivity (Wildman–Crippen MR) is 119 cm³/mol. The molecule has 1 aliphatic heterocycles. The first-order valence-electron chi connectivity index (χ1n) is 10.4. The highest BCUT2D eigenvalue weighted by molar-refractivity contribution is 6.30. The normalized spacial score (nSPS) is 15.0. The third kappa shape index (κ3) is 3.83. The topological polar surface area (TPSA) is 43.1 Å². The Hall–Kier alpha value is -3.12. The summed E-state index contributed by atoms with van der Waals surface area (Å²) in [6.07, 6.45) is 5.10. The summed E-state index contributed by atoms with van der Waals surface area (Å²) in [4.78, 5) is 15.4. The highest BCUT2D eigenvalue weighted by atomic mass is 35.5. The quantitative estimate of drug-likeness (QED) is 0.443. The largest absolute Gasteiger partial charge is 0.337 e. The van der Waals surface area contributed by atoms with Crippen molar-refractivity contribution in [1.82, 2.24) is 19.2 Å². The van der Waals surface area contributed by atoms with Crippen molar-refractivity contribution in [3.63, 3.8) is 0 Å². The average Bonchev–Trinajstić information content (AvgIpc) is 3.39. The van der Waals surface area contributed by atoms with E-state index in [0.29, 0.717) is 35.9 Å². The Labute approximate surface area is 184 Å². The predicted octanol–water partition coefficient (Wildman–Crippen LogP) is 5.16. The molecule has 0 atom stereocenters. The molecule has 0 bridgehead atoms. The molecule has 7 heteroatoms. The van der Waals surface area contributed by atoms with Crippen LogP contribution in [0.2, 0.25) is 5.02 Å².